The van der Waals surface area contributed by atoms with E-state index in [0.29, 0.717) is 6.42 Å². The van der Waals surface area contributed by atoms with Gasteiger partial charge in [0.1, 0.15) is 12.4 Å². The van der Waals surface area contributed by atoms with E-state index in [1.807, 2.05) is 0 Å². The fraction of sp³-hybridized carbons (Fsp3) is 0.333. The van der Waals surface area contributed by atoms with Crippen molar-refractivity contribution in [2.24, 2.45) is 0 Å². The minimum absolute atomic E-state index is 0.247. The molecule has 6 heteroatoms. The summed E-state index contributed by atoms with van der Waals surface area (Å²) in [6, 6.07) is -0.877. The number of carbonyl (C=O) groups is 2. The van der Waals surface area contributed by atoms with Crippen LogP contribution in [0.4, 0.5) is 0 Å². The molecule has 0 aliphatic rings. The summed E-state index contributed by atoms with van der Waals surface area (Å²) in [6.45, 7) is 1.68. The summed E-state index contributed by atoms with van der Waals surface area (Å²) in [7, 11) is 0. The zero-order chi connectivity index (χ0) is 11.3. The highest BCUT2D eigenvalue weighted by Gasteiger charge is 2.18. The van der Waals surface area contributed by atoms with Gasteiger partial charge in [0.05, 0.1) is 5.56 Å². The average molecular weight is 209 g/mol. The van der Waals surface area contributed by atoms with Crippen LogP contribution >= 0.6 is 0 Å². The predicted octanol–water partition coefficient (Wildman–Crippen LogP) is 0.0696. The number of aliphatic carboxylic acids is 1. The van der Waals surface area contributed by atoms with Gasteiger partial charge >= 0.3 is 5.97 Å². The van der Waals surface area contributed by atoms with Crippen molar-refractivity contribution in [3.63, 3.8) is 0 Å². The van der Waals surface area contributed by atoms with Crippen molar-refractivity contribution in [1.29, 1.82) is 0 Å². The molecule has 0 fully saturated rings. The van der Waals surface area contributed by atoms with Crippen molar-refractivity contribution in [1.82, 2.24) is 15.3 Å². The second kappa shape index (κ2) is 5.04. The molecule has 0 radical (unpaired) electrons. The fourth-order valence-electron chi connectivity index (χ4n) is 0.996. The van der Waals surface area contributed by atoms with Gasteiger partial charge in [-0.3, -0.25) is 4.79 Å². The van der Waals surface area contributed by atoms with Gasteiger partial charge in [0.2, 0.25) is 0 Å². The third-order valence-corrected chi connectivity index (χ3v) is 1.83. The van der Waals surface area contributed by atoms with Crippen LogP contribution in [-0.4, -0.2) is 33.0 Å². The van der Waals surface area contributed by atoms with Crippen LogP contribution < -0.4 is 5.32 Å². The number of carboxylic acid groups (broad SMARTS) is 1. The lowest BCUT2D eigenvalue weighted by atomic mass is 10.2. The molecular formula is C9H11N3O3. The quantitative estimate of drug-likeness (QED) is 0.732. The van der Waals surface area contributed by atoms with E-state index >= 15 is 0 Å². The molecule has 2 N–H and O–H groups in total. The lowest BCUT2D eigenvalue weighted by Gasteiger charge is -2.11. The Morgan fingerprint density at radius 3 is 2.53 bits per heavy atom. The Morgan fingerprint density at radius 1 is 1.47 bits per heavy atom. The van der Waals surface area contributed by atoms with Gasteiger partial charge in [-0.25, -0.2) is 14.8 Å². The summed E-state index contributed by atoms with van der Waals surface area (Å²) < 4.78 is 0. The Kier molecular flexibility index (Phi) is 3.73. The molecule has 0 unspecified atom stereocenters. The molecule has 0 saturated heterocycles. The van der Waals surface area contributed by atoms with Gasteiger partial charge in [-0.2, -0.15) is 0 Å². The third kappa shape index (κ3) is 3.01. The van der Waals surface area contributed by atoms with Crippen molar-refractivity contribution in [3.05, 3.63) is 24.3 Å². The molecule has 1 aromatic rings. The predicted molar refractivity (Wildman–Crippen MR) is 51.2 cm³/mol. The van der Waals surface area contributed by atoms with Gasteiger partial charge in [-0.05, 0) is 6.42 Å². The summed E-state index contributed by atoms with van der Waals surface area (Å²) in [5.74, 6) is -1.53. The molecule has 1 aromatic heterocycles. The van der Waals surface area contributed by atoms with E-state index in [1.54, 1.807) is 6.92 Å². The molecule has 0 saturated carbocycles. The van der Waals surface area contributed by atoms with Crippen LogP contribution in [0.15, 0.2) is 18.7 Å². The zero-order valence-corrected chi connectivity index (χ0v) is 8.17. The SMILES string of the molecule is CC[C@H](NC(=O)c1cncnc1)C(=O)O. The molecule has 1 atom stereocenters. The van der Waals surface area contributed by atoms with Gasteiger partial charge in [0.25, 0.3) is 5.91 Å². The molecule has 15 heavy (non-hydrogen) atoms. The summed E-state index contributed by atoms with van der Waals surface area (Å²) in [5, 5.41) is 11.1. The first kappa shape index (κ1) is 11.1. The molecular weight excluding hydrogens is 198 g/mol. The van der Waals surface area contributed by atoms with Crippen LogP contribution in [0, 0.1) is 0 Å². The number of hydrogen-bond donors (Lipinski definition) is 2. The Bertz CT molecular complexity index is 353. The number of nitrogens with zero attached hydrogens (tertiary/aromatic N) is 2. The molecule has 80 valence electrons. The fourth-order valence-corrected chi connectivity index (χ4v) is 0.996. The monoisotopic (exact) mass is 209 g/mol. The van der Waals surface area contributed by atoms with E-state index in [2.05, 4.69) is 15.3 Å². The Morgan fingerprint density at radius 2 is 2.07 bits per heavy atom. The number of rotatable bonds is 4. The first-order chi connectivity index (χ1) is 7.15. The van der Waals surface area contributed by atoms with E-state index in [0.717, 1.165) is 0 Å². The maximum atomic E-state index is 11.5. The van der Waals surface area contributed by atoms with Crippen molar-refractivity contribution in [2.45, 2.75) is 19.4 Å². The lowest BCUT2D eigenvalue weighted by molar-refractivity contribution is -0.139. The molecule has 1 heterocycles. The molecule has 6 nitrogen and oxygen atoms in total. The average Bonchev–Trinajstić information content (AvgIpc) is 2.26. The second-order valence-electron chi connectivity index (χ2n) is 2.90. The Hall–Kier alpha value is -1.98. The molecule has 0 spiro atoms. The third-order valence-electron chi connectivity index (χ3n) is 1.83. The number of amides is 1. The molecule has 0 aromatic carbocycles. The van der Waals surface area contributed by atoms with Crippen molar-refractivity contribution in [2.75, 3.05) is 0 Å². The highest BCUT2D eigenvalue weighted by Crippen LogP contribution is 1.97. The smallest absolute Gasteiger partial charge is 0.326 e. The molecule has 1 amide bonds. The Balaban J connectivity index is 2.67. The van der Waals surface area contributed by atoms with Crippen LogP contribution in [0.5, 0.6) is 0 Å². The van der Waals surface area contributed by atoms with Crippen LogP contribution in [0.2, 0.25) is 0 Å². The van der Waals surface area contributed by atoms with Crippen molar-refractivity contribution < 1.29 is 14.7 Å². The molecule has 0 aliphatic carbocycles. The Labute approximate surface area is 86.4 Å². The minimum atomic E-state index is -1.05. The van der Waals surface area contributed by atoms with Crippen LogP contribution in [0.3, 0.4) is 0 Å². The number of carboxylic acids is 1. The van der Waals surface area contributed by atoms with Gasteiger partial charge in [0.15, 0.2) is 0 Å². The number of aromatic nitrogens is 2. The summed E-state index contributed by atoms with van der Waals surface area (Å²) in [6.07, 6.45) is 4.29. The summed E-state index contributed by atoms with van der Waals surface area (Å²) in [5.41, 5.74) is 0.247. The highest BCUT2D eigenvalue weighted by molar-refractivity contribution is 5.95. The van der Waals surface area contributed by atoms with Crippen molar-refractivity contribution >= 4 is 11.9 Å². The molecule has 0 bridgehead atoms. The number of carbonyl (C=O) groups excluding carboxylic acids is 1. The van der Waals surface area contributed by atoms with E-state index in [-0.39, 0.29) is 5.56 Å². The topological polar surface area (TPSA) is 92.2 Å². The van der Waals surface area contributed by atoms with Gasteiger partial charge in [-0.1, -0.05) is 6.92 Å². The first-order valence-electron chi connectivity index (χ1n) is 4.43. The minimum Gasteiger partial charge on any atom is -0.480 e. The van der Waals surface area contributed by atoms with E-state index in [9.17, 15) is 9.59 Å². The summed E-state index contributed by atoms with van der Waals surface area (Å²) in [4.78, 5) is 29.4. The van der Waals surface area contributed by atoms with E-state index in [1.165, 1.54) is 18.7 Å². The second-order valence-corrected chi connectivity index (χ2v) is 2.90. The highest BCUT2D eigenvalue weighted by atomic mass is 16.4. The summed E-state index contributed by atoms with van der Waals surface area (Å²) >= 11 is 0. The van der Waals surface area contributed by atoms with Crippen LogP contribution in [0.25, 0.3) is 0 Å². The van der Waals surface area contributed by atoms with Gasteiger partial charge in [-0.15, -0.1) is 0 Å². The number of hydrogen-bond acceptors (Lipinski definition) is 4. The normalized spacial score (nSPS) is 11.8. The van der Waals surface area contributed by atoms with Crippen molar-refractivity contribution in [3.8, 4) is 0 Å². The first-order valence-corrected chi connectivity index (χ1v) is 4.43. The van der Waals surface area contributed by atoms with Gasteiger partial charge < -0.3 is 10.4 Å². The van der Waals surface area contributed by atoms with Gasteiger partial charge in [0, 0.05) is 12.4 Å². The zero-order valence-electron chi connectivity index (χ0n) is 8.17. The number of nitrogens with one attached hydrogen (secondary N) is 1. The lowest BCUT2D eigenvalue weighted by Crippen LogP contribution is -2.40. The van der Waals surface area contributed by atoms with Crippen LogP contribution in [0.1, 0.15) is 23.7 Å². The maximum Gasteiger partial charge on any atom is 0.326 e. The standard InChI is InChI=1S/C9H11N3O3/c1-2-7(9(14)15)12-8(13)6-3-10-5-11-4-6/h3-5,7H,2H2,1H3,(H,12,13)(H,14,15)/t7-/m0/s1. The van der Waals surface area contributed by atoms with Crippen LogP contribution in [-0.2, 0) is 4.79 Å². The molecule has 0 aliphatic heterocycles. The van der Waals surface area contributed by atoms with E-state index in [4.69, 9.17) is 5.11 Å². The maximum absolute atomic E-state index is 11.5. The largest absolute Gasteiger partial charge is 0.480 e. The molecule has 1 rings (SSSR count). The van der Waals surface area contributed by atoms with E-state index < -0.39 is 17.9 Å².